The van der Waals surface area contributed by atoms with Gasteiger partial charge in [-0.25, -0.2) is 9.37 Å². The first-order chi connectivity index (χ1) is 13.6. The number of halogens is 1. The lowest BCUT2D eigenvalue weighted by Crippen LogP contribution is -2.15. The molecule has 4 rings (SSSR count). The number of carbonyl (C=O) groups is 1. The number of hydrogen-bond acceptors (Lipinski definition) is 4. The number of thiazole rings is 1. The van der Waals surface area contributed by atoms with E-state index in [1.54, 1.807) is 12.1 Å². The molecule has 7 heteroatoms. The predicted molar refractivity (Wildman–Crippen MR) is 108 cm³/mol. The summed E-state index contributed by atoms with van der Waals surface area (Å²) in [5.74, 6) is 0.379. The van der Waals surface area contributed by atoms with Gasteiger partial charge in [0.2, 0.25) is 5.91 Å². The number of hydrogen-bond donors (Lipinski definition) is 1. The van der Waals surface area contributed by atoms with Gasteiger partial charge in [-0.2, -0.15) is 0 Å². The highest BCUT2D eigenvalue weighted by atomic mass is 32.1. The molecule has 0 aliphatic carbocycles. The minimum Gasteiger partial charge on any atom is -0.494 e. The van der Waals surface area contributed by atoms with Crippen LogP contribution in [0.5, 0.6) is 5.75 Å². The van der Waals surface area contributed by atoms with E-state index in [0.717, 1.165) is 33.3 Å². The highest BCUT2D eigenvalue weighted by Crippen LogP contribution is 2.24. The summed E-state index contributed by atoms with van der Waals surface area (Å²) < 4.78 is 20.4. The quantitative estimate of drug-likeness (QED) is 0.511. The Morgan fingerprint density at radius 2 is 1.93 bits per heavy atom. The van der Waals surface area contributed by atoms with Gasteiger partial charge in [0.05, 0.1) is 18.7 Å². The Morgan fingerprint density at radius 3 is 2.64 bits per heavy atom. The van der Waals surface area contributed by atoms with Crippen LogP contribution in [-0.4, -0.2) is 21.9 Å². The molecule has 4 aromatic rings. The van der Waals surface area contributed by atoms with Crippen LogP contribution >= 0.6 is 11.3 Å². The number of fused-ring (bicyclic) bond motifs is 1. The first kappa shape index (κ1) is 18.2. The van der Waals surface area contributed by atoms with Gasteiger partial charge in [-0.1, -0.05) is 0 Å². The Balaban J connectivity index is 1.48. The molecule has 142 valence electrons. The number of ether oxygens (including phenoxy) is 1. The van der Waals surface area contributed by atoms with E-state index in [2.05, 4.69) is 10.3 Å². The van der Waals surface area contributed by atoms with Crippen molar-refractivity contribution in [2.24, 2.45) is 0 Å². The number of carbonyl (C=O) groups excluding carboxylic acids is 1. The summed E-state index contributed by atoms with van der Waals surface area (Å²) >= 11 is 1.47. The summed E-state index contributed by atoms with van der Waals surface area (Å²) in [6.45, 7) is 2.53. The number of nitrogens with zero attached hydrogens (tertiary/aromatic N) is 2. The summed E-state index contributed by atoms with van der Waals surface area (Å²) in [5, 5.41) is 4.82. The van der Waals surface area contributed by atoms with Crippen molar-refractivity contribution in [3.05, 3.63) is 71.6 Å². The third-order valence-corrected chi connectivity index (χ3v) is 5.10. The van der Waals surface area contributed by atoms with E-state index in [4.69, 9.17) is 4.74 Å². The molecule has 0 unspecified atom stereocenters. The number of aromatic nitrogens is 2. The van der Waals surface area contributed by atoms with Gasteiger partial charge < -0.3 is 10.1 Å². The van der Waals surface area contributed by atoms with Gasteiger partial charge in [0.25, 0.3) is 0 Å². The van der Waals surface area contributed by atoms with Crippen molar-refractivity contribution in [1.82, 2.24) is 9.38 Å². The van der Waals surface area contributed by atoms with Crippen LogP contribution in [0.1, 0.15) is 12.6 Å². The van der Waals surface area contributed by atoms with E-state index in [9.17, 15) is 9.18 Å². The van der Waals surface area contributed by atoms with Crippen LogP contribution in [0.15, 0.2) is 60.1 Å². The van der Waals surface area contributed by atoms with Crippen LogP contribution in [0, 0.1) is 5.82 Å². The molecule has 0 atom stereocenters. The molecule has 2 heterocycles. The number of rotatable bonds is 6. The number of anilines is 1. The maximum absolute atomic E-state index is 13.1. The fourth-order valence-corrected chi connectivity index (χ4v) is 3.76. The monoisotopic (exact) mass is 395 g/mol. The zero-order valence-corrected chi connectivity index (χ0v) is 16.0. The number of benzene rings is 2. The van der Waals surface area contributed by atoms with Crippen LogP contribution in [-0.2, 0) is 11.2 Å². The second-order valence-electron chi connectivity index (χ2n) is 6.19. The fourth-order valence-electron chi connectivity index (χ4n) is 2.89. The van der Waals surface area contributed by atoms with Gasteiger partial charge in [0.1, 0.15) is 11.6 Å². The summed E-state index contributed by atoms with van der Waals surface area (Å²) in [6, 6.07) is 13.5. The molecule has 0 saturated heterocycles. The normalized spacial score (nSPS) is 10.9. The molecule has 2 aromatic heterocycles. The van der Waals surface area contributed by atoms with E-state index < -0.39 is 0 Å². The van der Waals surface area contributed by atoms with E-state index in [1.165, 1.54) is 23.5 Å². The molecule has 0 fully saturated rings. The number of imidazole rings is 1. The van der Waals surface area contributed by atoms with Crippen molar-refractivity contribution in [3.8, 4) is 17.0 Å². The minimum atomic E-state index is -0.281. The van der Waals surface area contributed by atoms with Gasteiger partial charge >= 0.3 is 0 Å². The van der Waals surface area contributed by atoms with E-state index in [-0.39, 0.29) is 18.1 Å². The first-order valence-electron chi connectivity index (χ1n) is 8.86. The second kappa shape index (κ2) is 7.82. The third kappa shape index (κ3) is 3.89. The van der Waals surface area contributed by atoms with Crippen molar-refractivity contribution in [2.45, 2.75) is 13.3 Å². The molecule has 2 aromatic carbocycles. The van der Waals surface area contributed by atoms with Gasteiger partial charge in [0.15, 0.2) is 4.96 Å². The SMILES string of the molecule is CCOc1ccc(NC(=O)Cc2csc3nc(-c4ccc(F)cc4)cn23)cc1. The molecule has 1 amide bonds. The summed E-state index contributed by atoms with van der Waals surface area (Å²) in [5.41, 5.74) is 3.16. The van der Waals surface area contributed by atoms with Crippen LogP contribution in [0.3, 0.4) is 0 Å². The van der Waals surface area contributed by atoms with Gasteiger partial charge in [-0.15, -0.1) is 11.3 Å². The van der Waals surface area contributed by atoms with Crippen LogP contribution in [0.4, 0.5) is 10.1 Å². The van der Waals surface area contributed by atoms with Crippen LogP contribution in [0.2, 0.25) is 0 Å². The smallest absolute Gasteiger partial charge is 0.230 e. The molecule has 0 bridgehead atoms. The Kier molecular flexibility index (Phi) is 5.08. The van der Waals surface area contributed by atoms with Crippen molar-refractivity contribution in [3.63, 3.8) is 0 Å². The molecule has 0 saturated carbocycles. The van der Waals surface area contributed by atoms with Crippen molar-refractivity contribution in [2.75, 3.05) is 11.9 Å². The Hall–Kier alpha value is -3.19. The molecule has 5 nitrogen and oxygen atoms in total. The molecule has 0 aliphatic rings. The summed E-state index contributed by atoms with van der Waals surface area (Å²) in [6.07, 6.45) is 2.10. The minimum absolute atomic E-state index is 0.110. The average Bonchev–Trinajstić information content (AvgIpc) is 3.26. The summed E-state index contributed by atoms with van der Waals surface area (Å²) in [7, 11) is 0. The Bertz CT molecular complexity index is 1100. The van der Waals surface area contributed by atoms with Crippen LogP contribution in [0.25, 0.3) is 16.2 Å². The van der Waals surface area contributed by atoms with Crippen molar-refractivity contribution >= 4 is 27.9 Å². The van der Waals surface area contributed by atoms with Gasteiger partial charge in [0, 0.05) is 28.5 Å². The standard InChI is InChI=1S/C21H18FN3O2S/c1-2-27-18-9-7-16(8-10-18)23-20(26)11-17-13-28-21-24-19(12-25(17)21)14-3-5-15(22)6-4-14/h3-10,12-13H,2,11H2,1H3,(H,23,26). The molecular formula is C21H18FN3O2S. The molecule has 1 N–H and O–H groups in total. The highest BCUT2D eigenvalue weighted by Gasteiger charge is 2.13. The predicted octanol–water partition coefficient (Wildman–Crippen LogP) is 4.78. The third-order valence-electron chi connectivity index (χ3n) is 4.21. The summed E-state index contributed by atoms with van der Waals surface area (Å²) in [4.78, 5) is 17.8. The van der Waals surface area contributed by atoms with E-state index >= 15 is 0 Å². The molecule has 0 spiro atoms. The number of amides is 1. The zero-order valence-electron chi connectivity index (χ0n) is 15.2. The van der Waals surface area contributed by atoms with Gasteiger partial charge in [-0.3, -0.25) is 9.20 Å². The molecule has 0 aliphatic heterocycles. The second-order valence-corrected chi connectivity index (χ2v) is 7.03. The first-order valence-corrected chi connectivity index (χ1v) is 9.74. The molecular weight excluding hydrogens is 377 g/mol. The fraction of sp³-hybridized carbons (Fsp3) is 0.143. The Labute approximate surface area is 165 Å². The van der Waals surface area contributed by atoms with Gasteiger partial charge in [-0.05, 0) is 55.5 Å². The van der Waals surface area contributed by atoms with E-state index in [1.807, 2.05) is 47.2 Å². The largest absolute Gasteiger partial charge is 0.494 e. The molecule has 0 radical (unpaired) electrons. The van der Waals surface area contributed by atoms with Crippen molar-refractivity contribution < 1.29 is 13.9 Å². The lowest BCUT2D eigenvalue weighted by molar-refractivity contribution is -0.115. The average molecular weight is 395 g/mol. The van der Waals surface area contributed by atoms with Crippen LogP contribution < -0.4 is 10.1 Å². The van der Waals surface area contributed by atoms with E-state index in [0.29, 0.717) is 6.61 Å². The number of nitrogens with one attached hydrogen (secondary N) is 1. The topological polar surface area (TPSA) is 55.6 Å². The maximum atomic E-state index is 13.1. The maximum Gasteiger partial charge on any atom is 0.230 e. The van der Waals surface area contributed by atoms with Crippen molar-refractivity contribution in [1.29, 1.82) is 0 Å². The highest BCUT2D eigenvalue weighted by molar-refractivity contribution is 7.15. The Morgan fingerprint density at radius 1 is 1.18 bits per heavy atom. The lowest BCUT2D eigenvalue weighted by atomic mass is 10.2. The zero-order chi connectivity index (χ0) is 19.5. The lowest BCUT2D eigenvalue weighted by Gasteiger charge is -2.07. The molecule has 28 heavy (non-hydrogen) atoms.